The van der Waals surface area contributed by atoms with Gasteiger partial charge in [-0.3, -0.25) is 4.79 Å². The zero-order valence-electron chi connectivity index (χ0n) is 30.3. The van der Waals surface area contributed by atoms with Crippen LogP contribution in [0.25, 0.3) is 5.57 Å². The van der Waals surface area contributed by atoms with Crippen molar-refractivity contribution in [3.8, 4) is 0 Å². The molecule has 254 valence electrons. The van der Waals surface area contributed by atoms with Gasteiger partial charge in [-0.1, -0.05) is 77.3 Å². The van der Waals surface area contributed by atoms with Gasteiger partial charge in [-0.2, -0.15) is 0 Å². The quantitative estimate of drug-likeness (QED) is 0.101. The maximum atomic E-state index is 12.8. The Balaban J connectivity index is 1.83. The van der Waals surface area contributed by atoms with Gasteiger partial charge >= 0.3 is 0 Å². The summed E-state index contributed by atoms with van der Waals surface area (Å²) in [4.78, 5) is 19.9. The predicted octanol–water partition coefficient (Wildman–Crippen LogP) is 10.7. The number of aliphatic imine (C=N–C) groups is 1. The van der Waals surface area contributed by atoms with Gasteiger partial charge in [0.15, 0.2) is 11.7 Å². The molecule has 2 aliphatic rings. The third-order valence-corrected chi connectivity index (χ3v) is 9.24. The zero-order valence-corrected chi connectivity index (χ0v) is 30.3. The topological polar surface area (TPSA) is 66.0 Å². The SMILES string of the molecule is C=C(\N=C(C)/C(=C\C)/C=C(\CC1CCCC1)C(=O)CC)Nc1ccc(/C(=C/C)C2=C(C)C(=C)C=C(N(CC)CCCC)O2)cc1NC. The number of nitrogens with one attached hydrogen (secondary N) is 2. The molecule has 0 aromatic heterocycles. The number of ketones is 1. The van der Waals surface area contributed by atoms with Crippen LogP contribution in [0.2, 0.25) is 0 Å². The van der Waals surface area contributed by atoms with E-state index in [1.807, 2.05) is 53.0 Å². The summed E-state index contributed by atoms with van der Waals surface area (Å²) in [5.41, 5.74) is 8.50. The van der Waals surface area contributed by atoms with Crippen LogP contribution in [-0.2, 0) is 9.53 Å². The van der Waals surface area contributed by atoms with E-state index < -0.39 is 0 Å². The van der Waals surface area contributed by atoms with Crippen LogP contribution in [0.5, 0.6) is 0 Å². The Bertz CT molecular complexity index is 1490. The van der Waals surface area contributed by atoms with Crippen LogP contribution in [0.4, 0.5) is 11.4 Å². The smallest absolute Gasteiger partial charge is 0.196 e. The summed E-state index contributed by atoms with van der Waals surface area (Å²) in [6, 6.07) is 6.25. The fraction of sp³-hybridized carbons (Fsp3) is 0.463. The molecular formula is C41H58N4O2. The highest BCUT2D eigenvalue weighted by atomic mass is 16.5. The Morgan fingerprint density at radius 3 is 2.45 bits per heavy atom. The van der Waals surface area contributed by atoms with Crippen LogP contribution >= 0.6 is 0 Å². The van der Waals surface area contributed by atoms with E-state index in [1.54, 1.807) is 0 Å². The minimum absolute atomic E-state index is 0.223. The molecule has 0 saturated heterocycles. The minimum atomic E-state index is 0.223. The van der Waals surface area contributed by atoms with Crippen LogP contribution in [0.3, 0.4) is 0 Å². The number of unbranched alkanes of at least 4 members (excludes halogenated alkanes) is 1. The Morgan fingerprint density at radius 2 is 1.85 bits per heavy atom. The second-order valence-electron chi connectivity index (χ2n) is 12.5. The molecule has 47 heavy (non-hydrogen) atoms. The van der Waals surface area contributed by atoms with Crippen LogP contribution in [0.15, 0.2) is 100 Å². The van der Waals surface area contributed by atoms with Gasteiger partial charge in [-0.15, -0.1) is 0 Å². The molecule has 0 amide bonds. The van der Waals surface area contributed by atoms with Crippen molar-refractivity contribution in [1.82, 2.24) is 4.90 Å². The molecule has 6 heteroatoms. The summed E-state index contributed by atoms with van der Waals surface area (Å²) >= 11 is 0. The molecule has 3 rings (SSSR count). The van der Waals surface area contributed by atoms with Crippen molar-refractivity contribution < 1.29 is 9.53 Å². The summed E-state index contributed by atoms with van der Waals surface area (Å²) in [7, 11) is 1.91. The van der Waals surface area contributed by atoms with E-state index in [1.165, 1.54) is 25.7 Å². The first kappa shape index (κ1) is 37.4. The maximum Gasteiger partial charge on any atom is 0.196 e. The van der Waals surface area contributed by atoms with Crippen molar-refractivity contribution in [3.63, 3.8) is 0 Å². The molecule has 0 radical (unpaired) electrons. The van der Waals surface area contributed by atoms with Crippen molar-refractivity contribution in [2.75, 3.05) is 30.8 Å². The number of ether oxygens (including phenoxy) is 1. The zero-order chi connectivity index (χ0) is 34.5. The van der Waals surface area contributed by atoms with Crippen LogP contribution in [0.1, 0.15) is 105 Å². The molecule has 1 saturated carbocycles. The van der Waals surface area contributed by atoms with E-state index in [-0.39, 0.29) is 5.78 Å². The largest absolute Gasteiger partial charge is 0.440 e. The minimum Gasteiger partial charge on any atom is -0.440 e. The molecule has 0 atom stereocenters. The Labute approximate surface area is 284 Å². The van der Waals surface area contributed by atoms with E-state index >= 15 is 0 Å². The van der Waals surface area contributed by atoms with Crippen molar-refractivity contribution in [2.45, 2.75) is 99.8 Å². The predicted molar refractivity (Wildman–Crippen MR) is 202 cm³/mol. The maximum absolute atomic E-state index is 12.8. The number of benzene rings is 1. The second kappa shape index (κ2) is 18.3. The van der Waals surface area contributed by atoms with Gasteiger partial charge in [-0.05, 0) is 99.4 Å². The Hall–Kier alpha value is -4.06. The molecule has 1 fully saturated rings. The lowest BCUT2D eigenvalue weighted by atomic mass is 9.92. The lowest BCUT2D eigenvalue weighted by molar-refractivity contribution is -0.115. The third kappa shape index (κ3) is 9.96. The first-order valence-electron chi connectivity index (χ1n) is 17.6. The average molecular weight is 639 g/mol. The fourth-order valence-electron chi connectivity index (χ4n) is 6.30. The van der Waals surface area contributed by atoms with Crippen molar-refractivity contribution in [2.24, 2.45) is 10.9 Å². The summed E-state index contributed by atoms with van der Waals surface area (Å²) in [6.07, 6.45) is 16.8. The number of hydrogen-bond donors (Lipinski definition) is 2. The molecule has 0 bridgehead atoms. The van der Waals surface area contributed by atoms with Gasteiger partial charge in [-0.25, -0.2) is 4.99 Å². The van der Waals surface area contributed by atoms with Crippen molar-refractivity contribution in [3.05, 3.63) is 101 Å². The number of allylic oxidation sites excluding steroid dienone is 9. The normalized spacial score (nSPS) is 16.7. The molecule has 1 aliphatic carbocycles. The van der Waals surface area contributed by atoms with E-state index in [9.17, 15) is 4.79 Å². The van der Waals surface area contributed by atoms with Crippen LogP contribution < -0.4 is 10.6 Å². The van der Waals surface area contributed by atoms with E-state index in [4.69, 9.17) is 9.73 Å². The van der Waals surface area contributed by atoms with Crippen molar-refractivity contribution in [1.29, 1.82) is 0 Å². The van der Waals surface area contributed by atoms with Crippen LogP contribution in [0, 0.1) is 5.92 Å². The highest BCUT2D eigenvalue weighted by Gasteiger charge is 2.24. The Kier molecular flexibility index (Phi) is 14.6. The number of Topliss-reactive ketones (excluding diaryl/α,β-unsaturated/α-hetero) is 1. The average Bonchev–Trinajstić information content (AvgIpc) is 3.59. The first-order chi connectivity index (χ1) is 22.6. The van der Waals surface area contributed by atoms with Gasteiger partial charge in [0.2, 0.25) is 0 Å². The van der Waals surface area contributed by atoms with E-state index in [2.05, 4.69) is 73.7 Å². The molecule has 1 aliphatic heterocycles. The number of carbonyl (C=O) groups excluding carboxylic acids is 1. The third-order valence-electron chi connectivity index (χ3n) is 9.24. The summed E-state index contributed by atoms with van der Waals surface area (Å²) in [5, 5.41) is 6.73. The first-order valence-corrected chi connectivity index (χ1v) is 17.6. The summed E-state index contributed by atoms with van der Waals surface area (Å²) < 4.78 is 6.60. The van der Waals surface area contributed by atoms with Crippen LogP contribution in [-0.4, -0.2) is 36.5 Å². The van der Waals surface area contributed by atoms with Gasteiger partial charge in [0.05, 0.1) is 11.4 Å². The van der Waals surface area contributed by atoms with Gasteiger partial charge < -0.3 is 20.3 Å². The lowest BCUT2D eigenvalue weighted by Crippen LogP contribution is -2.27. The number of rotatable bonds is 17. The number of nitrogens with zero attached hydrogens (tertiary/aromatic N) is 2. The monoisotopic (exact) mass is 638 g/mol. The molecule has 1 aromatic rings. The molecular weight excluding hydrogens is 580 g/mol. The highest BCUT2D eigenvalue weighted by Crippen LogP contribution is 2.38. The lowest BCUT2D eigenvalue weighted by Gasteiger charge is -2.31. The standard InChI is InChI=1S/C41H58N4O2/c1-11-16-23-45(15-5)40-24-28(6)29(7)41(47-40)36(13-3)34-21-22-37(38(27-34)42-10)44-31(9)43-30(8)33(12-2)26-35(39(46)14-4)25-32-19-17-18-20-32/h12-13,21-22,24,26-27,32,42,44H,6,9,11,14-20,23,25H2,1-5,7-8,10H3/b33-12-,35-26+,36-13-,43-30-. The second-order valence-corrected chi connectivity index (χ2v) is 12.5. The Morgan fingerprint density at radius 1 is 1.13 bits per heavy atom. The molecule has 0 unspecified atom stereocenters. The van der Waals surface area contributed by atoms with E-state index in [0.29, 0.717) is 18.2 Å². The van der Waals surface area contributed by atoms with E-state index in [0.717, 1.165) is 94.5 Å². The molecule has 6 nitrogen and oxygen atoms in total. The molecule has 0 spiro atoms. The highest BCUT2D eigenvalue weighted by molar-refractivity contribution is 6.04. The molecule has 2 N–H and O–H groups in total. The molecule has 1 aromatic carbocycles. The number of anilines is 2. The van der Waals surface area contributed by atoms with Gasteiger partial charge in [0.25, 0.3) is 0 Å². The van der Waals surface area contributed by atoms with Crippen molar-refractivity contribution >= 4 is 28.4 Å². The number of carbonyl (C=O) groups is 1. The summed E-state index contributed by atoms with van der Waals surface area (Å²) in [5.74, 6) is 3.03. The fourth-order valence-corrected chi connectivity index (χ4v) is 6.30. The molecule has 1 heterocycles. The summed E-state index contributed by atoms with van der Waals surface area (Å²) in [6.45, 7) is 24.8. The van der Waals surface area contributed by atoms with Gasteiger partial charge in [0, 0.05) is 43.9 Å². The number of hydrogen-bond acceptors (Lipinski definition) is 6. The van der Waals surface area contributed by atoms with Gasteiger partial charge in [0.1, 0.15) is 11.6 Å².